The van der Waals surface area contributed by atoms with Crippen molar-refractivity contribution in [2.45, 2.75) is 38.3 Å². The van der Waals surface area contributed by atoms with Gasteiger partial charge >= 0.3 is 0 Å². The van der Waals surface area contributed by atoms with Crippen molar-refractivity contribution in [2.24, 2.45) is 0 Å². The van der Waals surface area contributed by atoms with Gasteiger partial charge in [-0.15, -0.1) is 0 Å². The number of benzene rings is 1. The molecule has 0 aliphatic carbocycles. The van der Waals surface area contributed by atoms with Crippen molar-refractivity contribution in [3.05, 3.63) is 54.4 Å². The van der Waals surface area contributed by atoms with E-state index in [0.717, 1.165) is 24.8 Å². The molecule has 1 amide bonds. The van der Waals surface area contributed by atoms with Gasteiger partial charge in [0.05, 0.1) is 17.6 Å². The van der Waals surface area contributed by atoms with Crippen LogP contribution >= 0.6 is 0 Å². The molecule has 1 aromatic heterocycles. The number of carbonyl (C=O) groups is 1. The Morgan fingerprint density at radius 1 is 1.40 bits per heavy atom. The smallest absolute Gasteiger partial charge is 0.250 e. The zero-order chi connectivity index (χ0) is 18.6. The van der Waals surface area contributed by atoms with E-state index in [1.807, 2.05) is 10.9 Å². The van der Waals surface area contributed by atoms with Gasteiger partial charge in [-0.25, -0.2) is 8.42 Å². The normalized spacial score (nSPS) is 11.3. The van der Waals surface area contributed by atoms with Gasteiger partial charge in [-0.1, -0.05) is 19.6 Å². The molecule has 1 aromatic carbocycles. The molecule has 1 heterocycles. The molecule has 0 N–H and O–H groups in total. The van der Waals surface area contributed by atoms with Crippen molar-refractivity contribution in [2.75, 3.05) is 11.2 Å². The van der Waals surface area contributed by atoms with Gasteiger partial charge in [-0.3, -0.25) is 9.48 Å². The summed E-state index contributed by atoms with van der Waals surface area (Å²) in [6.45, 7) is 8.43. The van der Waals surface area contributed by atoms with E-state index in [1.165, 1.54) is 17.0 Å². The maximum atomic E-state index is 12.3. The molecule has 134 valence electrons. The molecule has 0 bridgehead atoms. The lowest BCUT2D eigenvalue weighted by Gasteiger charge is -2.22. The summed E-state index contributed by atoms with van der Waals surface area (Å²) < 4.78 is 25.8. The van der Waals surface area contributed by atoms with Gasteiger partial charge in [0.1, 0.15) is 0 Å². The summed E-state index contributed by atoms with van der Waals surface area (Å²) >= 11 is 0. The van der Waals surface area contributed by atoms with Gasteiger partial charge in [0, 0.05) is 30.2 Å². The Morgan fingerprint density at radius 2 is 2.12 bits per heavy atom. The highest BCUT2D eigenvalue weighted by Gasteiger charge is 2.18. The van der Waals surface area contributed by atoms with E-state index in [0.29, 0.717) is 17.8 Å². The maximum Gasteiger partial charge on any atom is 0.250 e. The molecule has 0 saturated heterocycles. The quantitative estimate of drug-likeness (QED) is 0.711. The van der Waals surface area contributed by atoms with E-state index in [9.17, 15) is 13.2 Å². The Kier molecular flexibility index (Phi) is 5.79. The van der Waals surface area contributed by atoms with Crippen LogP contribution in [0.25, 0.3) is 0 Å². The van der Waals surface area contributed by atoms with Crippen LogP contribution in [0.4, 0.5) is 5.69 Å². The van der Waals surface area contributed by atoms with Crippen molar-refractivity contribution < 1.29 is 13.2 Å². The molecule has 0 saturated carbocycles. The van der Waals surface area contributed by atoms with Crippen LogP contribution in [0.2, 0.25) is 0 Å². The van der Waals surface area contributed by atoms with Crippen molar-refractivity contribution in [1.29, 1.82) is 0 Å². The van der Waals surface area contributed by atoms with Crippen molar-refractivity contribution >= 4 is 21.4 Å². The molecule has 2 aromatic rings. The lowest BCUT2D eigenvalue weighted by molar-refractivity contribution is -0.114. The Bertz CT molecular complexity index is 885. The topological polar surface area (TPSA) is 72.3 Å². The zero-order valence-corrected chi connectivity index (χ0v) is 15.6. The van der Waals surface area contributed by atoms with Crippen LogP contribution in [0.5, 0.6) is 0 Å². The number of sulfone groups is 1. The van der Waals surface area contributed by atoms with Crippen molar-refractivity contribution in [3.8, 4) is 0 Å². The molecule has 0 unspecified atom stereocenters. The first kappa shape index (κ1) is 18.9. The largest absolute Gasteiger partial charge is 0.304 e. The first-order chi connectivity index (χ1) is 11.8. The molecule has 7 heteroatoms. The highest BCUT2D eigenvalue weighted by atomic mass is 32.2. The zero-order valence-electron chi connectivity index (χ0n) is 14.8. The number of hydrogen-bond donors (Lipinski definition) is 0. The fourth-order valence-corrected chi connectivity index (χ4v) is 3.57. The van der Waals surface area contributed by atoms with E-state index >= 15 is 0 Å². The van der Waals surface area contributed by atoms with Crippen LogP contribution in [0.15, 0.2) is 48.1 Å². The van der Waals surface area contributed by atoms with Crippen molar-refractivity contribution in [3.63, 3.8) is 0 Å². The molecule has 6 nitrogen and oxygen atoms in total. The number of carbonyl (C=O) groups excluding carboxylic acids is 1. The Hall–Kier alpha value is -2.41. The minimum absolute atomic E-state index is 0.216. The number of hydrogen-bond acceptors (Lipinski definition) is 4. The van der Waals surface area contributed by atoms with Crippen LogP contribution in [0, 0.1) is 6.92 Å². The predicted molar refractivity (Wildman–Crippen MR) is 98.2 cm³/mol. The van der Waals surface area contributed by atoms with E-state index in [4.69, 9.17) is 0 Å². The molecule has 0 aliphatic heterocycles. The lowest BCUT2D eigenvalue weighted by atomic mass is 10.2. The Morgan fingerprint density at radius 3 is 2.72 bits per heavy atom. The van der Waals surface area contributed by atoms with Gasteiger partial charge in [0.15, 0.2) is 9.84 Å². The van der Waals surface area contributed by atoms with Crippen LogP contribution < -0.4 is 4.90 Å². The standard InChI is InChI=1S/C18H23N3O3S/c1-5-9-20-12-15(11-19-20)13-21(18(22)6-2)16-8-7-14(3)17(10-16)25(4,23)24/h6-8,10-12H,2,5,9,13H2,1,3-4H3. The van der Waals surface area contributed by atoms with E-state index in [1.54, 1.807) is 25.3 Å². The van der Waals surface area contributed by atoms with E-state index in [2.05, 4.69) is 18.6 Å². The molecular weight excluding hydrogens is 338 g/mol. The summed E-state index contributed by atoms with van der Waals surface area (Å²) in [6.07, 6.45) is 6.94. The fourth-order valence-electron chi connectivity index (χ4n) is 2.58. The second-order valence-corrected chi connectivity index (χ2v) is 7.95. The van der Waals surface area contributed by atoms with Gasteiger partial charge in [0.2, 0.25) is 0 Å². The first-order valence-corrected chi connectivity index (χ1v) is 9.91. The summed E-state index contributed by atoms with van der Waals surface area (Å²) in [5, 5.41) is 4.27. The predicted octanol–water partition coefficient (Wildman–Crippen LogP) is 2.72. The molecule has 25 heavy (non-hydrogen) atoms. The summed E-state index contributed by atoms with van der Waals surface area (Å²) in [4.78, 5) is 14.0. The van der Waals surface area contributed by atoms with Gasteiger partial charge < -0.3 is 4.90 Å². The molecule has 0 aliphatic rings. The molecule has 0 atom stereocenters. The highest BCUT2D eigenvalue weighted by molar-refractivity contribution is 7.90. The monoisotopic (exact) mass is 361 g/mol. The van der Waals surface area contributed by atoms with E-state index < -0.39 is 9.84 Å². The molecule has 0 radical (unpaired) electrons. The van der Waals surface area contributed by atoms with E-state index in [-0.39, 0.29) is 10.8 Å². The van der Waals surface area contributed by atoms with Gasteiger partial charge in [-0.05, 0) is 37.1 Å². The van der Waals surface area contributed by atoms with Crippen LogP contribution in [0.3, 0.4) is 0 Å². The van der Waals surface area contributed by atoms with Gasteiger partial charge in [0.25, 0.3) is 5.91 Å². The molecule has 0 fully saturated rings. The van der Waals surface area contributed by atoms with Crippen molar-refractivity contribution in [1.82, 2.24) is 9.78 Å². The first-order valence-electron chi connectivity index (χ1n) is 8.02. The molecular formula is C18H23N3O3S. The average molecular weight is 361 g/mol. The second kappa shape index (κ2) is 7.65. The minimum Gasteiger partial charge on any atom is -0.304 e. The summed E-state index contributed by atoms with van der Waals surface area (Å²) in [7, 11) is -3.38. The average Bonchev–Trinajstić information content (AvgIpc) is 2.99. The van der Waals surface area contributed by atoms with Gasteiger partial charge in [-0.2, -0.15) is 5.10 Å². The lowest BCUT2D eigenvalue weighted by Crippen LogP contribution is -2.28. The fraction of sp³-hybridized carbons (Fsp3) is 0.333. The summed E-state index contributed by atoms with van der Waals surface area (Å²) in [5.74, 6) is -0.299. The number of rotatable bonds is 7. The Balaban J connectivity index is 2.40. The maximum absolute atomic E-state index is 12.3. The molecule has 2 rings (SSSR count). The second-order valence-electron chi connectivity index (χ2n) is 5.96. The number of aryl methyl sites for hydroxylation is 2. The Labute approximate surface area is 148 Å². The SMILES string of the molecule is C=CC(=O)N(Cc1cnn(CCC)c1)c1ccc(C)c(S(C)(=O)=O)c1. The number of aromatic nitrogens is 2. The summed E-state index contributed by atoms with van der Waals surface area (Å²) in [6, 6.07) is 4.97. The highest BCUT2D eigenvalue weighted by Crippen LogP contribution is 2.25. The van der Waals surface area contributed by atoms with Crippen LogP contribution in [0.1, 0.15) is 24.5 Å². The third kappa shape index (κ3) is 4.57. The van der Waals surface area contributed by atoms with Crippen LogP contribution in [-0.4, -0.2) is 30.4 Å². The number of nitrogens with zero attached hydrogens (tertiary/aromatic N) is 3. The minimum atomic E-state index is -3.38. The number of anilines is 1. The molecule has 0 spiro atoms. The third-order valence-electron chi connectivity index (χ3n) is 3.80. The number of amides is 1. The third-order valence-corrected chi connectivity index (χ3v) is 5.04. The van der Waals surface area contributed by atoms with Crippen LogP contribution in [-0.2, 0) is 27.7 Å². The summed E-state index contributed by atoms with van der Waals surface area (Å²) in [5.41, 5.74) is 2.03.